The fourth-order valence-electron chi connectivity index (χ4n) is 3.73. The van der Waals surface area contributed by atoms with Gasteiger partial charge in [0.05, 0.1) is 24.5 Å². The van der Waals surface area contributed by atoms with Crippen molar-refractivity contribution in [1.82, 2.24) is 23.9 Å². The van der Waals surface area contributed by atoms with Gasteiger partial charge < -0.3 is 10.2 Å². The van der Waals surface area contributed by atoms with Crippen LogP contribution in [-0.2, 0) is 13.1 Å². The van der Waals surface area contributed by atoms with E-state index >= 15 is 0 Å². The molecule has 0 fully saturated rings. The van der Waals surface area contributed by atoms with Crippen LogP contribution in [-0.4, -0.2) is 46.4 Å². The summed E-state index contributed by atoms with van der Waals surface area (Å²) in [6, 6.07) is 8.27. The number of imidazole rings is 1. The predicted octanol–water partition coefficient (Wildman–Crippen LogP) is 4.51. The largest absolute Gasteiger partial charge is 0.416 e. The van der Waals surface area contributed by atoms with Gasteiger partial charge in [0.15, 0.2) is 17.8 Å². The minimum absolute atomic E-state index is 0.108. The third-order valence-electron chi connectivity index (χ3n) is 5.46. The molecule has 15 heteroatoms. The highest BCUT2D eigenvalue weighted by Crippen LogP contribution is 2.31. The molecule has 0 bridgehead atoms. The van der Waals surface area contributed by atoms with Crippen molar-refractivity contribution in [2.24, 2.45) is 0 Å². The van der Waals surface area contributed by atoms with Crippen molar-refractivity contribution in [2.45, 2.75) is 38.4 Å². The molecule has 0 aliphatic carbocycles. The van der Waals surface area contributed by atoms with E-state index in [2.05, 4.69) is 10.1 Å². The third-order valence-corrected chi connectivity index (χ3v) is 6.09. The molecule has 4 rings (SSSR count). The SMILES string of the molecule is CC(O)c1nc(Cn2c(Cl)c(-c3ccc(Cl)cc3)n(CC(O)C(F)(F)F)c2=O)nn1-c1cc(F)cc(F)c1. The van der Waals surface area contributed by atoms with Gasteiger partial charge in [-0.2, -0.15) is 13.2 Å². The molecular weight excluding hydrogens is 560 g/mol. The monoisotopic (exact) mass is 577 g/mol. The Morgan fingerprint density at radius 1 is 1.00 bits per heavy atom. The van der Waals surface area contributed by atoms with Crippen LogP contribution in [0.15, 0.2) is 47.3 Å². The summed E-state index contributed by atoms with van der Waals surface area (Å²) in [5, 5.41) is 23.9. The molecule has 4 aromatic rings. The van der Waals surface area contributed by atoms with Crippen molar-refractivity contribution in [1.29, 1.82) is 0 Å². The first kappa shape index (κ1) is 27.8. The van der Waals surface area contributed by atoms with Crippen LogP contribution in [0.4, 0.5) is 22.0 Å². The van der Waals surface area contributed by atoms with Crippen molar-refractivity contribution in [3.05, 3.63) is 86.4 Å². The minimum atomic E-state index is -5.02. The molecule has 2 N–H and O–H groups in total. The van der Waals surface area contributed by atoms with Gasteiger partial charge in [-0.3, -0.25) is 9.13 Å². The number of aromatic nitrogens is 5. The van der Waals surface area contributed by atoms with Crippen molar-refractivity contribution >= 4 is 23.2 Å². The lowest BCUT2D eigenvalue weighted by Gasteiger charge is -2.16. The average molecular weight is 578 g/mol. The summed E-state index contributed by atoms with van der Waals surface area (Å²) in [5.74, 6) is -2.11. The molecule has 0 aliphatic rings. The second-order valence-corrected chi connectivity index (χ2v) is 9.08. The molecule has 2 unspecified atom stereocenters. The van der Waals surface area contributed by atoms with Gasteiger partial charge in [0.2, 0.25) is 0 Å². The molecule has 0 amide bonds. The lowest BCUT2D eigenvalue weighted by molar-refractivity contribution is -0.207. The highest BCUT2D eigenvalue weighted by atomic mass is 35.5. The van der Waals surface area contributed by atoms with E-state index in [9.17, 15) is 37.0 Å². The van der Waals surface area contributed by atoms with E-state index in [1.165, 1.54) is 31.2 Å². The molecule has 0 saturated carbocycles. The predicted molar refractivity (Wildman–Crippen MR) is 127 cm³/mol. The van der Waals surface area contributed by atoms with E-state index in [4.69, 9.17) is 23.2 Å². The summed E-state index contributed by atoms with van der Waals surface area (Å²) in [6.45, 7) is -0.318. The molecule has 0 radical (unpaired) electrons. The minimum Gasteiger partial charge on any atom is -0.385 e. The highest BCUT2D eigenvalue weighted by molar-refractivity contribution is 6.32. The standard InChI is InChI=1S/C23H18Cl2F5N5O3/c1-11(36)21-31-18(32-35(21)16-7-14(26)6-15(27)8-16)10-34-20(25)19(12-2-4-13(24)5-3-12)33(22(34)38)9-17(37)23(28,29)30/h2-8,11,17,36-37H,9-10H2,1H3. The van der Waals surface area contributed by atoms with Crippen LogP contribution >= 0.6 is 23.2 Å². The summed E-state index contributed by atoms with van der Waals surface area (Å²) < 4.78 is 69.5. The molecule has 0 spiro atoms. The Balaban J connectivity index is 1.83. The van der Waals surface area contributed by atoms with Crippen LogP contribution in [0.2, 0.25) is 10.2 Å². The number of rotatable bonds is 7. The Bertz CT molecular complexity index is 1510. The molecule has 38 heavy (non-hydrogen) atoms. The average Bonchev–Trinajstić information content (AvgIpc) is 3.34. The molecule has 2 aromatic carbocycles. The van der Waals surface area contributed by atoms with E-state index in [-0.39, 0.29) is 33.7 Å². The van der Waals surface area contributed by atoms with Crippen LogP contribution in [0, 0.1) is 11.6 Å². The first-order valence-electron chi connectivity index (χ1n) is 10.9. The van der Waals surface area contributed by atoms with Gasteiger partial charge in [0, 0.05) is 16.7 Å². The fraction of sp³-hybridized carbons (Fsp3) is 0.261. The Kier molecular flexibility index (Phi) is 7.66. The molecule has 8 nitrogen and oxygen atoms in total. The third kappa shape index (κ3) is 5.60. The summed E-state index contributed by atoms with van der Waals surface area (Å²) in [4.78, 5) is 17.4. The maximum absolute atomic E-state index is 13.8. The van der Waals surface area contributed by atoms with Crippen molar-refractivity contribution < 1.29 is 32.2 Å². The summed E-state index contributed by atoms with van der Waals surface area (Å²) >= 11 is 12.4. The smallest absolute Gasteiger partial charge is 0.385 e. The molecule has 0 aliphatic heterocycles. The number of aliphatic hydroxyl groups excluding tert-OH is 2. The number of alkyl halides is 3. The molecule has 0 saturated heterocycles. The van der Waals surface area contributed by atoms with Gasteiger partial charge in [-0.25, -0.2) is 23.2 Å². The van der Waals surface area contributed by atoms with Gasteiger partial charge in [-0.05, 0) is 31.2 Å². The quantitative estimate of drug-likeness (QED) is 0.315. The number of hydrogen-bond donors (Lipinski definition) is 2. The van der Waals surface area contributed by atoms with Gasteiger partial charge in [0.25, 0.3) is 0 Å². The Hall–Kier alpha value is -3.26. The number of hydrogen-bond acceptors (Lipinski definition) is 5. The highest BCUT2D eigenvalue weighted by Gasteiger charge is 2.39. The van der Waals surface area contributed by atoms with Crippen LogP contribution in [0.5, 0.6) is 0 Å². The Morgan fingerprint density at radius 2 is 1.61 bits per heavy atom. The zero-order valence-corrected chi connectivity index (χ0v) is 20.8. The van der Waals surface area contributed by atoms with E-state index < -0.39 is 48.8 Å². The van der Waals surface area contributed by atoms with E-state index in [1.807, 2.05) is 0 Å². The number of nitrogens with zero attached hydrogens (tertiary/aromatic N) is 5. The number of benzene rings is 2. The second kappa shape index (κ2) is 10.5. The van der Waals surface area contributed by atoms with Crippen LogP contribution in [0.3, 0.4) is 0 Å². The first-order valence-corrected chi connectivity index (χ1v) is 11.6. The van der Waals surface area contributed by atoms with Crippen LogP contribution < -0.4 is 5.69 Å². The molecule has 2 aromatic heterocycles. The molecular formula is C23H18Cl2F5N5O3. The maximum atomic E-state index is 13.8. The fourth-order valence-corrected chi connectivity index (χ4v) is 4.20. The number of aliphatic hydroxyl groups is 2. The maximum Gasteiger partial charge on any atom is 0.416 e. The van der Waals surface area contributed by atoms with Gasteiger partial charge >= 0.3 is 11.9 Å². The van der Waals surface area contributed by atoms with E-state index in [1.54, 1.807) is 0 Å². The molecule has 2 heterocycles. The van der Waals surface area contributed by atoms with Crippen molar-refractivity contribution in [2.75, 3.05) is 0 Å². The van der Waals surface area contributed by atoms with Crippen LogP contribution in [0.25, 0.3) is 16.9 Å². The molecule has 202 valence electrons. The summed E-state index contributed by atoms with van der Waals surface area (Å²) in [5.41, 5.74) is -1.01. The molecule has 2 atom stereocenters. The summed E-state index contributed by atoms with van der Waals surface area (Å²) in [6.07, 6.45) is -9.15. The van der Waals surface area contributed by atoms with Gasteiger partial charge in [-0.15, -0.1) is 5.10 Å². The van der Waals surface area contributed by atoms with Gasteiger partial charge in [-0.1, -0.05) is 35.3 Å². The zero-order valence-electron chi connectivity index (χ0n) is 19.3. The van der Waals surface area contributed by atoms with Crippen molar-refractivity contribution in [3.63, 3.8) is 0 Å². The lowest BCUT2D eigenvalue weighted by atomic mass is 10.1. The van der Waals surface area contributed by atoms with E-state index in [0.29, 0.717) is 15.7 Å². The Labute approximate surface area is 221 Å². The van der Waals surface area contributed by atoms with Crippen LogP contribution in [0.1, 0.15) is 24.7 Å². The topological polar surface area (TPSA) is 98.1 Å². The normalized spacial score (nSPS) is 13.6. The second-order valence-electron chi connectivity index (χ2n) is 8.28. The number of halogens is 7. The summed E-state index contributed by atoms with van der Waals surface area (Å²) in [7, 11) is 0. The first-order chi connectivity index (χ1) is 17.8. The lowest BCUT2D eigenvalue weighted by Crippen LogP contribution is -2.37. The van der Waals surface area contributed by atoms with Crippen molar-refractivity contribution in [3.8, 4) is 16.9 Å². The Morgan fingerprint density at radius 3 is 2.16 bits per heavy atom. The van der Waals surface area contributed by atoms with Gasteiger partial charge in [0.1, 0.15) is 22.9 Å². The van der Waals surface area contributed by atoms with E-state index in [0.717, 1.165) is 21.4 Å². The zero-order chi connectivity index (χ0) is 27.9.